The van der Waals surface area contributed by atoms with E-state index in [4.69, 9.17) is 9.47 Å². The van der Waals surface area contributed by atoms with Gasteiger partial charge in [0.2, 0.25) is 0 Å². The molecule has 0 spiro atoms. The average Bonchev–Trinajstić information content (AvgIpc) is 2.82. The molecule has 1 aromatic carbocycles. The number of carbonyl (C=O) groups is 1. The summed E-state index contributed by atoms with van der Waals surface area (Å²) in [6.07, 6.45) is 3.10. The fraction of sp³-hybridized carbons (Fsp3) is 0.357. The van der Waals surface area contributed by atoms with Crippen LogP contribution in [0.2, 0.25) is 0 Å². The highest BCUT2D eigenvalue weighted by Gasteiger charge is 2.46. The lowest BCUT2D eigenvalue weighted by Crippen LogP contribution is -2.50. The number of rotatable bonds is 3. The summed E-state index contributed by atoms with van der Waals surface area (Å²) in [6, 6.07) is 9.91. The monoisotopic (exact) mass is 262 g/mol. The van der Waals surface area contributed by atoms with E-state index in [0.29, 0.717) is 0 Å². The van der Waals surface area contributed by atoms with Crippen molar-refractivity contribution in [1.82, 2.24) is 0 Å². The lowest BCUT2D eigenvalue weighted by atomic mass is 10.0. The molecule has 0 unspecified atom stereocenters. The fourth-order valence-corrected chi connectivity index (χ4v) is 3.49. The van der Waals surface area contributed by atoms with Crippen LogP contribution in [0.1, 0.15) is 0 Å². The number of hydrogen-bond acceptors (Lipinski definition) is 4. The highest BCUT2D eigenvalue weighted by Crippen LogP contribution is 2.36. The van der Waals surface area contributed by atoms with E-state index in [9.17, 15) is 4.79 Å². The maximum Gasteiger partial charge on any atom is 0.180 e. The van der Waals surface area contributed by atoms with E-state index >= 15 is 0 Å². The molecule has 4 heteroatoms. The number of benzene rings is 1. The zero-order valence-corrected chi connectivity index (χ0v) is 10.8. The van der Waals surface area contributed by atoms with Crippen LogP contribution in [0.5, 0.6) is 0 Å². The summed E-state index contributed by atoms with van der Waals surface area (Å²) in [4.78, 5) is 13.4. The molecule has 3 rings (SSSR count). The molecule has 1 aromatic rings. The number of Topliss-reactive ketones (excluding diaryl/α,β-unsaturated/α-hetero) is 1. The van der Waals surface area contributed by atoms with Gasteiger partial charge < -0.3 is 9.47 Å². The molecule has 0 radical (unpaired) electrons. The number of hydrogen-bond donors (Lipinski definition) is 0. The normalized spacial score (nSPS) is 33.9. The molecule has 1 fully saturated rings. The Morgan fingerprint density at radius 2 is 1.89 bits per heavy atom. The Morgan fingerprint density at radius 3 is 2.61 bits per heavy atom. The van der Waals surface area contributed by atoms with Gasteiger partial charge in [0.1, 0.15) is 17.5 Å². The number of thioether (sulfide) groups is 1. The second-order valence-corrected chi connectivity index (χ2v) is 5.58. The standard InChI is InChI=1S/C14H14O3S/c1-16-13-10-7-8-11(17-10)14(12(13)15)18-9-5-3-2-4-6-9/h2-8,10-11,13-14H,1H3/t10-,11+,13+,14-/m0/s1. The van der Waals surface area contributed by atoms with Crippen molar-refractivity contribution >= 4 is 17.5 Å². The predicted molar refractivity (Wildman–Crippen MR) is 69.7 cm³/mol. The van der Waals surface area contributed by atoms with Gasteiger partial charge in [-0.15, -0.1) is 11.8 Å². The summed E-state index contributed by atoms with van der Waals surface area (Å²) in [5, 5.41) is -0.215. The molecule has 3 nitrogen and oxygen atoms in total. The van der Waals surface area contributed by atoms with Crippen LogP contribution in [-0.2, 0) is 14.3 Å². The SMILES string of the molecule is CO[C@H]1C(=O)[C@@H](Sc2ccccc2)[C@H]2C=C[C@@H]1O2. The maximum absolute atomic E-state index is 12.4. The van der Waals surface area contributed by atoms with E-state index in [1.807, 2.05) is 42.5 Å². The molecular formula is C14H14O3S. The van der Waals surface area contributed by atoms with Crippen LogP contribution >= 0.6 is 11.8 Å². The topological polar surface area (TPSA) is 35.5 Å². The van der Waals surface area contributed by atoms with Gasteiger partial charge in [-0.25, -0.2) is 0 Å². The Labute approximate surface area is 110 Å². The number of ketones is 1. The Kier molecular flexibility index (Phi) is 3.24. The molecule has 2 aliphatic heterocycles. The first-order valence-electron chi connectivity index (χ1n) is 5.91. The number of carbonyl (C=O) groups excluding carboxylic acids is 1. The summed E-state index contributed by atoms with van der Waals surface area (Å²) in [5.41, 5.74) is 0. The third-order valence-electron chi connectivity index (χ3n) is 3.22. The predicted octanol–water partition coefficient (Wildman–Crippen LogP) is 2.07. The van der Waals surface area contributed by atoms with Crippen molar-refractivity contribution in [2.45, 2.75) is 28.5 Å². The smallest absolute Gasteiger partial charge is 0.180 e. The Hall–Kier alpha value is -1.10. The van der Waals surface area contributed by atoms with Gasteiger partial charge in [-0.05, 0) is 12.1 Å². The highest BCUT2D eigenvalue weighted by molar-refractivity contribution is 8.00. The second kappa shape index (κ2) is 4.88. The summed E-state index contributed by atoms with van der Waals surface area (Å²) >= 11 is 1.55. The van der Waals surface area contributed by atoms with Crippen LogP contribution in [0.3, 0.4) is 0 Å². The summed E-state index contributed by atoms with van der Waals surface area (Å²) in [6.45, 7) is 0. The van der Waals surface area contributed by atoms with Gasteiger partial charge in [0, 0.05) is 12.0 Å². The molecular weight excluding hydrogens is 248 g/mol. The van der Waals surface area contributed by atoms with E-state index in [2.05, 4.69) is 0 Å². The van der Waals surface area contributed by atoms with E-state index in [1.165, 1.54) is 0 Å². The van der Waals surface area contributed by atoms with Crippen LogP contribution in [0, 0.1) is 0 Å². The van der Waals surface area contributed by atoms with Gasteiger partial charge in [0.15, 0.2) is 5.78 Å². The number of ether oxygens (including phenoxy) is 2. The third-order valence-corrected chi connectivity index (χ3v) is 4.52. The molecule has 0 saturated carbocycles. The van der Waals surface area contributed by atoms with Crippen molar-refractivity contribution in [3.8, 4) is 0 Å². The Balaban J connectivity index is 1.82. The van der Waals surface area contributed by atoms with Crippen LogP contribution in [0.4, 0.5) is 0 Å². The van der Waals surface area contributed by atoms with Gasteiger partial charge in [0.05, 0.1) is 6.10 Å². The molecule has 0 N–H and O–H groups in total. The minimum atomic E-state index is -0.471. The maximum atomic E-state index is 12.4. The first-order valence-corrected chi connectivity index (χ1v) is 6.79. The van der Waals surface area contributed by atoms with Gasteiger partial charge in [0.25, 0.3) is 0 Å². The molecule has 0 aromatic heterocycles. The lowest BCUT2D eigenvalue weighted by Gasteiger charge is -2.33. The number of fused-ring (bicyclic) bond motifs is 2. The quantitative estimate of drug-likeness (QED) is 0.781. The van der Waals surface area contributed by atoms with Gasteiger partial charge in [-0.3, -0.25) is 4.79 Å². The van der Waals surface area contributed by atoms with E-state index in [0.717, 1.165) is 4.90 Å². The first kappa shape index (κ1) is 12.0. The highest BCUT2D eigenvalue weighted by atomic mass is 32.2. The third kappa shape index (κ3) is 2.00. The summed E-state index contributed by atoms with van der Waals surface area (Å²) < 4.78 is 11.0. The van der Waals surface area contributed by atoms with Crippen molar-refractivity contribution in [3.63, 3.8) is 0 Å². The lowest BCUT2D eigenvalue weighted by molar-refractivity contribution is -0.147. The van der Waals surface area contributed by atoms with Crippen molar-refractivity contribution in [1.29, 1.82) is 0 Å². The van der Waals surface area contributed by atoms with Crippen molar-refractivity contribution in [2.24, 2.45) is 0 Å². The molecule has 0 amide bonds. The number of methoxy groups -OCH3 is 1. The second-order valence-electron chi connectivity index (χ2n) is 4.36. The molecule has 2 aliphatic rings. The zero-order valence-electron chi connectivity index (χ0n) is 9.98. The van der Waals surface area contributed by atoms with Crippen LogP contribution in [0.15, 0.2) is 47.4 Å². The molecule has 2 bridgehead atoms. The van der Waals surface area contributed by atoms with E-state index in [1.54, 1.807) is 18.9 Å². The molecule has 94 valence electrons. The summed E-state index contributed by atoms with van der Waals surface area (Å²) in [7, 11) is 1.56. The van der Waals surface area contributed by atoms with Gasteiger partial charge in [-0.2, -0.15) is 0 Å². The minimum absolute atomic E-state index is 0.123. The van der Waals surface area contributed by atoms with Gasteiger partial charge in [-0.1, -0.05) is 30.4 Å². The molecule has 4 atom stereocenters. The van der Waals surface area contributed by atoms with Crippen molar-refractivity contribution in [3.05, 3.63) is 42.5 Å². The Bertz CT molecular complexity index is 471. The zero-order chi connectivity index (χ0) is 12.5. The van der Waals surface area contributed by atoms with Crippen molar-refractivity contribution < 1.29 is 14.3 Å². The van der Waals surface area contributed by atoms with Crippen LogP contribution in [0.25, 0.3) is 0 Å². The summed E-state index contributed by atoms with van der Waals surface area (Å²) in [5.74, 6) is 0.123. The van der Waals surface area contributed by atoms with Crippen LogP contribution < -0.4 is 0 Å². The molecule has 2 heterocycles. The largest absolute Gasteiger partial charge is 0.371 e. The first-order chi connectivity index (χ1) is 8.79. The Morgan fingerprint density at radius 1 is 1.17 bits per heavy atom. The van der Waals surface area contributed by atoms with Crippen LogP contribution in [-0.4, -0.2) is 36.5 Å². The van der Waals surface area contributed by atoms with E-state index < -0.39 is 6.10 Å². The van der Waals surface area contributed by atoms with Gasteiger partial charge >= 0.3 is 0 Å². The fourth-order valence-electron chi connectivity index (χ4n) is 2.34. The minimum Gasteiger partial charge on any atom is -0.371 e. The van der Waals surface area contributed by atoms with E-state index in [-0.39, 0.29) is 23.2 Å². The average molecular weight is 262 g/mol. The molecule has 0 aliphatic carbocycles. The molecule has 1 saturated heterocycles. The van der Waals surface area contributed by atoms with Crippen molar-refractivity contribution in [2.75, 3.05) is 7.11 Å². The molecule has 18 heavy (non-hydrogen) atoms.